The van der Waals surface area contributed by atoms with E-state index in [2.05, 4.69) is 10.4 Å². The lowest BCUT2D eigenvalue weighted by molar-refractivity contribution is 0.0938. The van der Waals surface area contributed by atoms with Gasteiger partial charge in [0.25, 0.3) is 5.91 Å². The van der Waals surface area contributed by atoms with Crippen LogP contribution in [-0.4, -0.2) is 41.2 Å². The molecule has 3 rings (SSSR count). The Morgan fingerprint density at radius 3 is 2.64 bits per heavy atom. The smallest absolute Gasteiger partial charge is 0.254 e. The molecule has 0 aliphatic carbocycles. The molecular formula is C19H22N4O2. The van der Waals surface area contributed by atoms with Crippen LogP contribution in [0.1, 0.15) is 27.9 Å². The Kier molecular flexibility index (Phi) is 5.00. The van der Waals surface area contributed by atoms with Crippen LogP contribution in [0.5, 0.6) is 0 Å². The molecule has 0 saturated heterocycles. The van der Waals surface area contributed by atoms with Crippen LogP contribution in [0.3, 0.4) is 0 Å². The van der Waals surface area contributed by atoms with Crippen LogP contribution in [0.25, 0.3) is 5.69 Å². The predicted octanol–water partition coefficient (Wildman–Crippen LogP) is 2.81. The highest BCUT2D eigenvalue weighted by Gasteiger charge is 2.20. The van der Waals surface area contributed by atoms with Gasteiger partial charge in [-0.2, -0.15) is 5.10 Å². The highest BCUT2D eigenvalue weighted by Crippen LogP contribution is 2.18. The Morgan fingerprint density at radius 2 is 2.00 bits per heavy atom. The Morgan fingerprint density at radius 1 is 1.24 bits per heavy atom. The molecule has 1 N–H and O–H groups in total. The van der Waals surface area contributed by atoms with Gasteiger partial charge in [0.15, 0.2) is 0 Å². The van der Waals surface area contributed by atoms with Crippen LogP contribution < -0.4 is 5.32 Å². The summed E-state index contributed by atoms with van der Waals surface area (Å²) in [5, 5.41) is 7.33. The third-order valence-electron chi connectivity index (χ3n) is 4.21. The summed E-state index contributed by atoms with van der Waals surface area (Å²) in [5.41, 5.74) is 2.31. The summed E-state index contributed by atoms with van der Waals surface area (Å²) in [4.78, 5) is 14.6. The van der Waals surface area contributed by atoms with Gasteiger partial charge in [-0.25, -0.2) is 4.68 Å². The van der Waals surface area contributed by atoms with E-state index in [-0.39, 0.29) is 11.9 Å². The second kappa shape index (κ2) is 7.36. The number of carbonyl (C=O) groups excluding carboxylic acids is 1. The predicted molar refractivity (Wildman–Crippen MR) is 95.8 cm³/mol. The largest absolute Gasteiger partial charge is 0.468 e. The number of nitrogens with zero attached hydrogens (tertiary/aromatic N) is 3. The van der Waals surface area contributed by atoms with Gasteiger partial charge in [0.2, 0.25) is 0 Å². The van der Waals surface area contributed by atoms with E-state index in [1.807, 2.05) is 68.4 Å². The molecule has 0 aliphatic heterocycles. The number of amides is 1. The molecule has 0 saturated carbocycles. The number of para-hydroxylation sites is 1. The highest BCUT2D eigenvalue weighted by molar-refractivity contribution is 5.95. The maximum atomic E-state index is 12.6. The average Bonchev–Trinajstić information content (AvgIpc) is 3.25. The number of hydrogen-bond acceptors (Lipinski definition) is 4. The van der Waals surface area contributed by atoms with E-state index in [1.54, 1.807) is 17.1 Å². The zero-order chi connectivity index (χ0) is 17.8. The van der Waals surface area contributed by atoms with Crippen LogP contribution in [0.15, 0.2) is 59.3 Å². The fourth-order valence-electron chi connectivity index (χ4n) is 2.77. The number of nitrogens with one attached hydrogen (secondary N) is 1. The number of hydrogen-bond donors (Lipinski definition) is 1. The maximum Gasteiger partial charge on any atom is 0.254 e. The lowest BCUT2D eigenvalue weighted by atomic mass is 10.2. The molecule has 2 heterocycles. The van der Waals surface area contributed by atoms with Gasteiger partial charge in [0, 0.05) is 6.54 Å². The molecule has 6 nitrogen and oxygen atoms in total. The van der Waals surface area contributed by atoms with Crippen molar-refractivity contribution >= 4 is 5.91 Å². The highest BCUT2D eigenvalue weighted by atomic mass is 16.3. The van der Waals surface area contributed by atoms with E-state index < -0.39 is 0 Å². The summed E-state index contributed by atoms with van der Waals surface area (Å²) in [5.74, 6) is 0.681. The SMILES string of the molecule is Cc1c(C(=O)NCC(c2ccco2)N(C)C)cnn1-c1ccccc1. The Bertz CT molecular complexity index is 822. The molecule has 1 amide bonds. The average molecular weight is 338 g/mol. The van der Waals surface area contributed by atoms with Gasteiger partial charge in [-0.15, -0.1) is 0 Å². The molecule has 1 unspecified atom stereocenters. The molecule has 3 aromatic rings. The van der Waals surface area contributed by atoms with Crippen molar-refractivity contribution in [2.24, 2.45) is 0 Å². The van der Waals surface area contributed by atoms with Crippen LogP contribution >= 0.6 is 0 Å². The van der Waals surface area contributed by atoms with Crippen molar-refractivity contribution in [3.8, 4) is 5.69 Å². The zero-order valence-electron chi connectivity index (χ0n) is 14.6. The third kappa shape index (κ3) is 3.64. The van der Waals surface area contributed by atoms with Crippen LogP contribution in [-0.2, 0) is 0 Å². The number of benzene rings is 1. The van der Waals surface area contributed by atoms with Crippen LogP contribution in [0, 0.1) is 6.92 Å². The van der Waals surface area contributed by atoms with Gasteiger partial charge in [-0.05, 0) is 45.3 Å². The standard InChI is InChI=1S/C19H22N4O2/c1-14-16(12-21-23(14)15-8-5-4-6-9-15)19(24)20-13-17(22(2)3)18-10-7-11-25-18/h4-12,17H,13H2,1-3H3,(H,20,24). The molecule has 1 atom stereocenters. The summed E-state index contributed by atoms with van der Waals surface area (Å²) in [7, 11) is 3.91. The Balaban J connectivity index is 1.73. The van der Waals surface area contributed by atoms with Gasteiger partial charge in [0.05, 0.1) is 35.4 Å². The number of furan rings is 1. The number of likely N-dealkylation sites (N-methyl/N-ethyl adjacent to an activating group) is 1. The van der Waals surface area contributed by atoms with Gasteiger partial charge >= 0.3 is 0 Å². The normalized spacial score (nSPS) is 12.3. The van der Waals surface area contributed by atoms with Crippen LogP contribution in [0.2, 0.25) is 0 Å². The number of carbonyl (C=O) groups is 1. The lowest BCUT2D eigenvalue weighted by Crippen LogP contribution is -2.34. The van der Waals surface area contributed by atoms with Crippen molar-refractivity contribution in [2.75, 3.05) is 20.6 Å². The molecular weight excluding hydrogens is 316 g/mol. The fourth-order valence-corrected chi connectivity index (χ4v) is 2.77. The van der Waals surface area contributed by atoms with E-state index in [1.165, 1.54) is 0 Å². The molecule has 6 heteroatoms. The molecule has 25 heavy (non-hydrogen) atoms. The van der Waals surface area contributed by atoms with Gasteiger partial charge in [-0.1, -0.05) is 18.2 Å². The maximum absolute atomic E-state index is 12.6. The monoisotopic (exact) mass is 338 g/mol. The molecule has 1 aromatic carbocycles. The minimum absolute atomic E-state index is 0.0246. The Labute approximate surface area is 147 Å². The minimum atomic E-state index is -0.141. The summed E-state index contributed by atoms with van der Waals surface area (Å²) in [6.07, 6.45) is 3.25. The first-order chi connectivity index (χ1) is 12.1. The van der Waals surface area contributed by atoms with Crippen molar-refractivity contribution in [3.05, 3.63) is 71.9 Å². The lowest BCUT2D eigenvalue weighted by Gasteiger charge is -2.22. The van der Waals surface area contributed by atoms with E-state index in [0.717, 1.165) is 17.1 Å². The summed E-state index contributed by atoms with van der Waals surface area (Å²) in [6.45, 7) is 2.35. The zero-order valence-corrected chi connectivity index (χ0v) is 14.6. The molecule has 0 fully saturated rings. The Hall–Kier alpha value is -2.86. The quantitative estimate of drug-likeness (QED) is 0.751. The van der Waals surface area contributed by atoms with E-state index >= 15 is 0 Å². The summed E-state index contributed by atoms with van der Waals surface area (Å²) >= 11 is 0. The molecule has 130 valence electrons. The molecule has 0 aliphatic rings. The van der Waals surface area contributed by atoms with Gasteiger partial charge in [-0.3, -0.25) is 9.69 Å². The minimum Gasteiger partial charge on any atom is -0.468 e. The second-order valence-electron chi connectivity index (χ2n) is 6.10. The molecule has 0 radical (unpaired) electrons. The van der Waals surface area contributed by atoms with Crippen molar-refractivity contribution < 1.29 is 9.21 Å². The summed E-state index contributed by atoms with van der Waals surface area (Å²) in [6, 6.07) is 13.5. The number of aromatic nitrogens is 2. The second-order valence-corrected chi connectivity index (χ2v) is 6.10. The first-order valence-corrected chi connectivity index (χ1v) is 8.16. The van der Waals surface area contributed by atoms with Crippen molar-refractivity contribution in [1.29, 1.82) is 0 Å². The first kappa shape index (κ1) is 17.0. The van der Waals surface area contributed by atoms with Crippen molar-refractivity contribution in [1.82, 2.24) is 20.0 Å². The molecule has 2 aromatic heterocycles. The fraction of sp³-hybridized carbons (Fsp3) is 0.263. The van der Waals surface area contributed by atoms with Crippen molar-refractivity contribution in [2.45, 2.75) is 13.0 Å². The number of rotatable bonds is 6. The van der Waals surface area contributed by atoms with Gasteiger partial charge in [0.1, 0.15) is 5.76 Å². The molecule has 0 spiro atoms. The van der Waals surface area contributed by atoms with Gasteiger partial charge < -0.3 is 9.73 Å². The third-order valence-corrected chi connectivity index (χ3v) is 4.21. The van der Waals surface area contributed by atoms with E-state index in [0.29, 0.717) is 12.1 Å². The summed E-state index contributed by atoms with van der Waals surface area (Å²) < 4.78 is 7.24. The van der Waals surface area contributed by atoms with Crippen molar-refractivity contribution in [3.63, 3.8) is 0 Å². The first-order valence-electron chi connectivity index (χ1n) is 8.16. The molecule has 0 bridgehead atoms. The van der Waals surface area contributed by atoms with E-state index in [9.17, 15) is 4.79 Å². The van der Waals surface area contributed by atoms with Crippen LogP contribution in [0.4, 0.5) is 0 Å². The van der Waals surface area contributed by atoms with E-state index in [4.69, 9.17) is 4.42 Å². The topological polar surface area (TPSA) is 63.3 Å².